The number of rotatable bonds is 4. The van der Waals surface area contributed by atoms with Gasteiger partial charge in [-0.05, 0) is 36.0 Å². The summed E-state index contributed by atoms with van der Waals surface area (Å²) in [6, 6.07) is 0.613. The number of hydrogen-bond acceptors (Lipinski definition) is 1. The van der Waals surface area contributed by atoms with Crippen molar-refractivity contribution >= 4 is 0 Å². The summed E-state index contributed by atoms with van der Waals surface area (Å²) >= 11 is 0. The van der Waals surface area contributed by atoms with Crippen LogP contribution in [0.3, 0.4) is 0 Å². The van der Waals surface area contributed by atoms with E-state index in [9.17, 15) is 0 Å². The molecule has 2 atom stereocenters. The van der Waals surface area contributed by atoms with E-state index in [1.54, 1.807) is 0 Å². The smallest absolute Gasteiger partial charge is 0.00106 e. The molecule has 1 nitrogen and oxygen atoms in total. The summed E-state index contributed by atoms with van der Waals surface area (Å²) in [5, 5.41) is 3.64. The average molecular weight is 225 g/mol. The van der Waals surface area contributed by atoms with Crippen LogP contribution >= 0.6 is 0 Å². The molecule has 16 heavy (non-hydrogen) atoms. The molecule has 0 bridgehead atoms. The topological polar surface area (TPSA) is 12.0 Å². The highest BCUT2D eigenvalue weighted by Crippen LogP contribution is 2.49. The molecule has 0 radical (unpaired) electrons. The van der Waals surface area contributed by atoms with E-state index in [-0.39, 0.29) is 0 Å². The second-order valence-corrected chi connectivity index (χ2v) is 7.37. The summed E-state index contributed by atoms with van der Waals surface area (Å²) in [5.74, 6) is 0.933. The Kier molecular flexibility index (Phi) is 4.45. The predicted molar refractivity (Wildman–Crippen MR) is 72.7 cm³/mol. The van der Waals surface area contributed by atoms with Gasteiger partial charge >= 0.3 is 0 Å². The molecule has 0 spiro atoms. The predicted octanol–water partition coefficient (Wildman–Crippen LogP) is 4.23. The summed E-state index contributed by atoms with van der Waals surface area (Å²) < 4.78 is 0. The lowest BCUT2D eigenvalue weighted by atomic mass is 9.60. The lowest BCUT2D eigenvalue weighted by Crippen LogP contribution is -2.43. The third kappa shape index (κ3) is 4.08. The Morgan fingerprint density at radius 2 is 1.81 bits per heavy atom. The van der Waals surface area contributed by atoms with Crippen molar-refractivity contribution in [2.45, 2.75) is 73.3 Å². The Morgan fingerprint density at radius 3 is 2.31 bits per heavy atom. The molecule has 1 aliphatic rings. The Hall–Kier alpha value is -0.0400. The molecular weight excluding hydrogens is 194 g/mol. The molecule has 0 amide bonds. The second kappa shape index (κ2) is 5.08. The van der Waals surface area contributed by atoms with Crippen LogP contribution in [0.15, 0.2) is 0 Å². The summed E-state index contributed by atoms with van der Waals surface area (Å²) in [7, 11) is 0. The summed E-state index contributed by atoms with van der Waals surface area (Å²) in [4.78, 5) is 0. The molecule has 0 heterocycles. The van der Waals surface area contributed by atoms with Crippen molar-refractivity contribution in [3.8, 4) is 0 Å². The van der Waals surface area contributed by atoms with Crippen molar-refractivity contribution in [3.63, 3.8) is 0 Å². The molecule has 0 aromatic heterocycles. The average Bonchev–Trinajstić information content (AvgIpc) is 2.12. The quantitative estimate of drug-likeness (QED) is 0.755. The Balaban J connectivity index is 2.63. The van der Waals surface area contributed by atoms with Gasteiger partial charge in [0.2, 0.25) is 0 Å². The van der Waals surface area contributed by atoms with Crippen molar-refractivity contribution in [2.24, 2.45) is 16.7 Å². The minimum absolute atomic E-state index is 0.507. The van der Waals surface area contributed by atoms with E-state index >= 15 is 0 Å². The first-order valence-corrected chi connectivity index (χ1v) is 7.00. The SMILES string of the molecule is CCC1CC(C)(C)CC(C)(CNC(C)C)C1. The fourth-order valence-corrected chi connectivity index (χ4v) is 3.72. The van der Waals surface area contributed by atoms with E-state index < -0.39 is 0 Å². The van der Waals surface area contributed by atoms with Crippen molar-refractivity contribution in [1.29, 1.82) is 0 Å². The van der Waals surface area contributed by atoms with Gasteiger partial charge < -0.3 is 5.32 Å². The fourth-order valence-electron chi connectivity index (χ4n) is 3.72. The van der Waals surface area contributed by atoms with Gasteiger partial charge in [-0.2, -0.15) is 0 Å². The van der Waals surface area contributed by atoms with Crippen LogP contribution in [-0.4, -0.2) is 12.6 Å². The van der Waals surface area contributed by atoms with Crippen LogP contribution < -0.4 is 5.32 Å². The molecule has 1 heteroatoms. The minimum atomic E-state index is 0.507. The van der Waals surface area contributed by atoms with Gasteiger partial charge in [0.25, 0.3) is 0 Å². The van der Waals surface area contributed by atoms with Crippen molar-refractivity contribution < 1.29 is 0 Å². The van der Waals surface area contributed by atoms with Gasteiger partial charge in [-0.15, -0.1) is 0 Å². The Morgan fingerprint density at radius 1 is 1.19 bits per heavy atom. The molecule has 2 unspecified atom stereocenters. The highest BCUT2D eigenvalue weighted by molar-refractivity contribution is 4.92. The third-order valence-corrected chi connectivity index (χ3v) is 4.04. The number of nitrogens with one attached hydrogen (secondary N) is 1. The third-order valence-electron chi connectivity index (χ3n) is 4.04. The van der Waals surface area contributed by atoms with Crippen LogP contribution in [-0.2, 0) is 0 Å². The minimum Gasteiger partial charge on any atom is -0.314 e. The first-order chi connectivity index (χ1) is 7.26. The maximum atomic E-state index is 3.64. The zero-order chi connectivity index (χ0) is 12.4. The van der Waals surface area contributed by atoms with E-state index in [0.717, 1.165) is 5.92 Å². The molecule has 1 N–H and O–H groups in total. The van der Waals surface area contributed by atoms with Gasteiger partial charge in [-0.3, -0.25) is 0 Å². The summed E-state index contributed by atoms with van der Waals surface area (Å²) in [6.07, 6.45) is 5.55. The number of hydrogen-bond donors (Lipinski definition) is 1. The molecule has 1 rings (SSSR count). The first kappa shape index (κ1) is 14.0. The van der Waals surface area contributed by atoms with Gasteiger partial charge in [-0.25, -0.2) is 0 Å². The lowest BCUT2D eigenvalue weighted by Gasteiger charge is -2.47. The van der Waals surface area contributed by atoms with E-state index in [4.69, 9.17) is 0 Å². The zero-order valence-electron chi connectivity index (χ0n) is 12.2. The summed E-state index contributed by atoms with van der Waals surface area (Å²) in [6.45, 7) is 15.4. The highest BCUT2D eigenvalue weighted by Gasteiger charge is 2.40. The molecule has 96 valence electrons. The highest BCUT2D eigenvalue weighted by atomic mass is 14.9. The second-order valence-electron chi connectivity index (χ2n) is 7.37. The molecular formula is C15H31N. The molecule has 0 saturated heterocycles. The van der Waals surface area contributed by atoms with Crippen LogP contribution in [0.5, 0.6) is 0 Å². The van der Waals surface area contributed by atoms with Crippen LogP contribution in [0.25, 0.3) is 0 Å². The first-order valence-electron chi connectivity index (χ1n) is 7.00. The molecule has 0 aromatic carbocycles. The largest absolute Gasteiger partial charge is 0.314 e. The standard InChI is InChI=1S/C15H31N/c1-7-13-8-14(4,5)10-15(6,9-13)11-16-12(2)3/h12-13,16H,7-11H2,1-6H3. The summed E-state index contributed by atoms with van der Waals surface area (Å²) in [5.41, 5.74) is 1.04. The fraction of sp³-hybridized carbons (Fsp3) is 1.00. The molecule has 1 saturated carbocycles. The molecule has 1 fully saturated rings. The van der Waals surface area contributed by atoms with Crippen LogP contribution in [0, 0.1) is 16.7 Å². The van der Waals surface area contributed by atoms with Crippen molar-refractivity contribution in [1.82, 2.24) is 5.32 Å². The van der Waals surface area contributed by atoms with E-state index in [0.29, 0.717) is 16.9 Å². The van der Waals surface area contributed by atoms with E-state index in [1.165, 1.54) is 32.2 Å². The Bertz CT molecular complexity index is 219. The zero-order valence-corrected chi connectivity index (χ0v) is 12.2. The Labute approximate surface area is 102 Å². The maximum Gasteiger partial charge on any atom is 0.00106 e. The van der Waals surface area contributed by atoms with Gasteiger partial charge in [-0.1, -0.05) is 48.0 Å². The van der Waals surface area contributed by atoms with Crippen LogP contribution in [0.4, 0.5) is 0 Å². The normalized spacial score (nSPS) is 34.3. The van der Waals surface area contributed by atoms with Crippen molar-refractivity contribution in [3.05, 3.63) is 0 Å². The van der Waals surface area contributed by atoms with Crippen molar-refractivity contribution in [2.75, 3.05) is 6.54 Å². The van der Waals surface area contributed by atoms with Gasteiger partial charge in [0, 0.05) is 12.6 Å². The lowest BCUT2D eigenvalue weighted by molar-refractivity contribution is 0.0509. The van der Waals surface area contributed by atoms with Gasteiger partial charge in [0.05, 0.1) is 0 Å². The maximum absolute atomic E-state index is 3.64. The van der Waals surface area contributed by atoms with Crippen LogP contribution in [0.2, 0.25) is 0 Å². The molecule has 0 aromatic rings. The monoisotopic (exact) mass is 225 g/mol. The molecule has 1 aliphatic carbocycles. The van der Waals surface area contributed by atoms with Gasteiger partial charge in [0.1, 0.15) is 0 Å². The molecule has 0 aliphatic heterocycles. The van der Waals surface area contributed by atoms with Crippen LogP contribution in [0.1, 0.15) is 67.2 Å². The van der Waals surface area contributed by atoms with E-state index in [2.05, 4.69) is 46.9 Å². The van der Waals surface area contributed by atoms with Gasteiger partial charge in [0.15, 0.2) is 0 Å². The van der Waals surface area contributed by atoms with E-state index in [1.807, 2.05) is 0 Å².